The van der Waals surface area contributed by atoms with Gasteiger partial charge in [-0.3, -0.25) is 4.79 Å². The lowest BCUT2D eigenvalue weighted by Gasteiger charge is -2.23. The van der Waals surface area contributed by atoms with Gasteiger partial charge in [-0.05, 0) is 36.6 Å². The van der Waals surface area contributed by atoms with Crippen molar-refractivity contribution in [1.29, 1.82) is 5.26 Å². The van der Waals surface area contributed by atoms with Crippen LogP contribution >= 0.6 is 0 Å². The minimum Gasteiger partial charge on any atom is -0.350 e. The highest BCUT2D eigenvalue weighted by atomic mass is 32.2. The highest BCUT2D eigenvalue weighted by molar-refractivity contribution is 7.91. The number of hydrogen-bond donors (Lipinski definition) is 1. The van der Waals surface area contributed by atoms with Crippen LogP contribution in [0.15, 0.2) is 36.7 Å². The van der Waals surface area contributed by atoms with E-state index < -0.39 is 21.9 Å². The van der Waals surface area contributed by atoms with Crippen LogP contribution in [0.5, 0.6) is 0 Å². The molecule has 8 heteroatoms. The van der Waals surface area contributed by atoms with Crippen LogP contribution in [0, 0.1) is 17.2 Å². The zero-order chi connectivity index (χ0) is 20.3. The summed E-state index contributed by atoms with van der Waals surface area (Å²) in [6.45, 7) is 4.09. The number of nitrogens with one attached hydrogen (secondary N) is 1. The Morgan fingerprint density at radius 3 is 2.68 bits per heavy atom. The number of carbonyl (C=O) groups is 1. The summed E-state index contributed by atoms with van der Waals surface area (Å²) in [6, 6.07) is 8.15. The molecule has 0 aliphatic carbocycles. The Hall–Kier alpha value is -2.66. The predicted molar refractivity (Wildman–Crippen MR) is 106 cm³/mol. The van der Waals surface area contributed by atoms with Crippen LogP contribution in [-0.4, -0.2) is 41.4 Å². The largest absolute Gasteiger partial charge is 0.350 e. The van der Waals surface area contributed by atoms with E-state index in [4.69, 9.17) is 5.26 Å². The van der Waals surface area contributed by atoms with E-state index in [2.05, 4.69) is 16.4 Å². The van der Waals surface area contributed by atoms with Gasteiger partial charge in [-0.1, -0.05) is 13.8 Å². The molecule has 1 amide bonds. The topological polar surface area (TPSA) is 105 Å². The van der Waals surface area contributed by atoms with E-state index in [9.17, 15) is 13.2 Å². The number of carbonyl (C=O) groups excluding carboxylic acids is 1. The first-order chi connectivity index (χ1) is 13.3. The SMILES string of the molecule is CC(C)CCC(=O)N[C@@H]1CS(=O)(=O)C[C@H]1n1ccnc1-c1ccc(C#N)cc1. The molecule has 2 aromatic rings. The molecule has 2 atom stereocenters. The smallest absolute Gasteiger partial charge is 0.220 e. The molecule has 3 rings (SSSR count). The van der Waals surface area contributed by atoms with Crippen molar-refractivity contribution in [2.75, 3.05) is 11.5 Å². The van der Waals surface area contributed by atoms with Gasteiger partial charge in [-0.25, -0.2) is 13.4 Å². The lowest BCUT2D eigenvalue weighted by atomic mass is 10.1. The van der Waals surface area contributed by atoms with Crippen LogP contribution in [0.1, 0.15) is 38.3 Å². The average Bonchev–Trinajstić information content (AvgIpc) is 3.24. The van der Waals surface area contributed by atoms with Gasteiger partial charge >= 0.3 is 0 Å². The van der Waals surface area contributed by atoms with E-state index >= 15 is 0 Å². The Labute approximate surface area is 165 Å². The van der Waals surface area contributed by atoms with E-state index in [0.29, 0.717) is 23.7 Å². The first-order valence-corrected chi connectivity index (χ1v) is 11.1. The van der Waals surface area contributed by atoms with Gasteiger partial charge in [0.05, 0.1) is 35.2 Å². The molecule has 1 aromatic carbocycles. The molecule has 0 saturated carbocycles. The van der Waals surface area contributed by atoms with Crippen molar-refractivity contribution in [3.05, 3.63) is 42.2 Å². The highest BCUT2D eigenvalue weighted by Gasteiger charge is 2.40. The Kier molecular flexibility index (Phi) is 5.84. The summed E-state index contributed by atoms with van der Waals surface area (Å²) < 4.78 is 26.4. The minimum atomic E-state index is -3.26. The van der Waals surface area contributed by atoms with Gasteiger partial charge in [0, 0.05) is 24.4 Å². The van der Waals surface area contributed by atoms with Crippen molar-refractivity contribution in [1.82, 2.24) is 14.9 Å². The molecule has 7 nitrogen and oxygen atoms in total. The van der Waals surface area contributed by atoms with Crippen molar-refractivity contribution < 1.29 is 13.2 Å². The minimum absolute atomic E-state index is 0.0399. The maximum atomic E-state index is 12.3. The van der Waals surface area contributed by atoms with Crippen molar-refractivity contribution in [2.24, 2.45) is 5.92 Å². The second-order valence-electron chi connectivity index (χ2n) is 7.60. The summed E-state index contributed by atoms with van der Waals surface area (Å²) in [5, 5.41) is 11.9. The van der Waals surface area contributed by atoms with Crippen LogP contribution in [0.4, 0.5) is 0 Å². The second-order valence-corrected chi connectivity index (χ2v) is 9.75. The van der Waals surface area contributed by atoms with Crippen molar-refractivity contribution in [3.8, 4) is 17.5 Å². The van der Waals surface area contributed by atoms with Gasteiger partial charge in [0.25, 0.3) is 0 Å². The maximum Gasteiger partial charge on any atom is 0.220 e. The van der Waals surface area contributed by atoms with Gasteiger partial charge < -0.3 is 9.88 Å². The molecule has 1 N–H and O–H groups in total. The second kappa shape index (κ2) is 8.15. The van der Waals surface area contributed by atoms with Gasteiger partial charge in [0.15, 0.2) is 9.84 Å². The van der Waals surface area contributed by atoms with E-state index in [-0.39, 0.29) is 17.4 Å². The first kappa shape index (κ1) is 20.1. The van der Waals surface area contributed by atoms with Crippen LogP contribution in [0.2, 0.25) is 0 Å². The Bertz CT molecular complexity index is 987. The molecule has 1 aliphatic heterocycles. The standard InChI is InChI=1S/C20H24N4O3S/c1-14(2)3-8-19(25)23-17-12-28(26,27)13-18(17)24-10-9-22-20(24)16-6-4-15(11-21)5-7-16/h4-7,9-10,14,17-18H,3,8,12-13H2,1-2H3,(H,23,25)/t17-,18-/m1/s1. The van der Waals surface area contributed by atoms with Gasteiger partial charge in [0.2, 0.25) is 5.91 Å². The number of aromatic nitrogens is 2. The molecule has 1 aliphatic rings. The molecular formula is C20H24N4O3S. The third-order valence-electron chi connectivity index (χ3n) is 4.92. The average molecular weight is 401 g/mol. The zero-order valence-electron chi connectivity index (χ0n) is 16.0. The number of nitrogens with zero attached hydrogens (tertiary/aromatic N) is 3. The van der Waals surface area contributed by atoms with Crippen molar-refractivity contribution >= 4 is 15.7 Å². The molecule has 148 valence electrons. The lowest BCUT2D eigenvalue weighted by Crippen LogP contribution is -2.41. The maximum absolute atomic E-state index is 12.3. The lowest BCUT2D eigenvalue weighted by molar-refractivity contribution is -0.122. The van der Waals surface area contributed by atoms with E-state index in [1.54, 1.807) is 36.7 Å². The molecule has 0 unspecified atom stereocenters. The quantitative estimate of drug-likeness (QED) is 0.801. The summed E-state index contributed by atoms with van der Waals surface area (Å²) in [5.74, 6) is 0.789. The number of imidazole rings is 1. The molecule has 1 fully saturated rings. The highest BCUT2D eigenvalue weighted by Crippen LogP contribution is 2.29. The molecule has 1 saturated heterocycles. The predicted octanol–water partition coefficient (Wildman–Crippen LogP) is 2.31. The van der Waals surface area contributed by atoms with Crippen LogP contribution in [0.25, 0.3) is 11.4 Å². The van der Waals surface area contributed by atoms with Gasteiger partial charge in [-0.15, -0.1) is 0 Å². The number of amides is 1. The fourth-order valence-corrected chi connectivity index (χ4v) is 5.34. The Morgan fingerprint density at radius 1 is 1.32 bits per heavy atom. The molecule has 28 heavy (non-hydrogen) atoms. The van der Waals surface area contributed by atoms with Crippen molar-refractivity contribution in [3.63, 3.8) is 0 Å². The van der Waals surface area contributed by atoms with E-state index in [0.717, 1.165) is 12.0 Å². The first-order valence-electron chi connectivity index (χ1n) is 9.32. The van der Waals surface area contributed by atoms with Crippen LogP contribution in [-0.2, 0) is 14.6 Å². The summed E-state index contributed by atoms with van der Waals surface area (Å²) in [7, 11) is -3.26. The zero-order valence-corrected chi connectivity index (χ0v) is 16.8. The Balaban J connectivity index is 1.85. The number of benzene rings is 1. The number of hydrogen-bond acceptors (Lipinski definition) is 5. The molecule has 0 bridgehead atoms. The normalized spacial score (nSPS) is 20.8. The summed E-state index contributed by atoms with van der Waals surface area (Å²) in [4.78, 5) is 16.7. The molecule has 0 radical (unpaired) electrons. The van der Waals surface area contributed by atoms with Crippen molar-refractivity contribution in [2.45, 2.75) is 38.8 Å². The fourth-order valence-electron chi connectivity index (χ4n) is 3.44. The van der Waals surface area contributed by atoms with Crippen LogP contribution < -0.4 is 5.32 Å². The van der Waals surface area contributed by atoms with E-state index in [1.165, 1.54) is 0 Å². The Morgan fingerprint density at radius 2 is 2.04 bits per heavy atom. The molecule has 2 heterocycles. The number of sulfone groups is 1. The van der Waals surface area contributed by atoms with Crippen LogP contribution in [0.3, 0.4) is 0 Å². The third kappa shape index (κ3) is 4.60. The summed E-state index contributed by atoms with van der Waals surface area (Å²) in [6.07, 6.45) is 4.51. The molecule has 1 aromatic heterocycles. The number of rotatable bonds is 6. The monoisotopic (exact) mass is 400 g/mol. The molecule has 0 spiro atoms. The summed E-state index contributed by atoms with van der Waals surface area (Å²) in [5.41, 5.74) is 1.33. The molecular weight excluding hydrogens is 376 g/mol. The third-order valence-corrected chi connectivity index (χ3v) is 6.63. The number of nitriles is 1. The van der Waals surface area contributed by atoms with Gasteiger partial charge in [0.1, 0.15) is 5.82 Å². The fraction of sp³-hybridized carbons (Fsp3) is 0.450. The van der Waals surface area contributed by atoms with Gasteiger partial charge in [-0.2, -0.15) is 5.26 Å². The summed E-state index contributed by atoms with van der Waals surface area (Å²) >= 11 is 0. The van der Waals surface area contributed by atoms with E-state index in [1.807, 2.05) is 18.4 Å².